The third kappa shape index (κ3) is 4.91. The van der Waals surface area contributed by atoms with Gasteiger partial charge >= 0.3 is 0 Å². The normalized spacial score (nSPS) is 10.5. The number of aromatic nitrogens is 3. The first-order valence-corrected chi connectivity index (χ1v) is 9.45. The van der Waals surface area contributed by atoms with E-state index in [1.807, 2.05) is 57.2 Å². The molecule has 0 fully saturated rings. The van der Waals surface area contributed by atoms with E-state index in [1.165, 1.54) is 0 Å². The van der Waals surface area contributed by atoms with Crippen LogP contribution in [0.3, 0.4) is 0 Å². The van der Waals surface area contributed by atoms with Crippen molar-refractivity contribution >= 4 is 17.4 Å². The van der Waals surface area contributed by atoms with Crippen LogP contribution < -0.4 is 10.6 Å². The number of benzene rings is 1. The lowest BCUT2D eigenvalue weighted by Gasteiger charge is -2.13. The molecular formula is C22H25N5O. The average Bonchev–Trinajstić information content (AvgIpc) is 2.70. The zero-order chi connectivity index (χ0) is 19.9. The third-order valence-corrected chi connectivity index (χ3v) is 4.46. The Morgan fingerprint density at radius 1 is 1.11 bits per heavy atom. The Bertz CT molecular complexity index is 956. The van der Waals surface area contributed by atoms with Crippen molar-refractivity contribution in [3.8, 4) is 11.4 Å². The van der Waals surface area contributed by atoms with Crippen LogP contribution in [0, 0.1) is 13.8 Å². The van der Waals surface area contributed by atoms with E-state index < -0.39 is 0 Å². The Kier molecular flexibility index (Phi) is 6.32. The molecule has 0 radical (unpaired) electrons. The highest BCUT2D eigenvalue weighted by Crippen LogP contribution is 2.22. The molecule has 28 heavy (non-hydrogen) atoms. The van der Waals surface area contributed by atoms with Gasteiger partial charge in [0.2, 0.25) is 5.91 Å². The van der Waals surface area contributed by atoms with Gasteiger partial charge in [-0.15, -0.1) is 0 Å². The number of hydrogen-bond donors (Lipinski definition) is 2. The molecule has 0 aliphatic carbocycles. The molecule has 1 aromatic carbocycles. The van der Waals surface area contributed by atoms with Gasteiger partial charge in [0.05, 0.1) is 0 Å². The molecule has 3 rings (SSSR count). The standard InChI is InChI=1S/C22H25N5O/c1-4-7-20(28)26-19-10-5-8-17(12-19)13-24-21-15(2)16(3)25-22(27-21)18-9-6-11-23-14-18/h5-6,8-12,14H,4,7,13H2,1-3H3,(H,26,28)(H,24,25,27). The molecule has 1 amide bonds. The number of carbonyl (C=O) groups is 1. The second kappa shape index (κ2) is 9.08. The number of anilines is 2. The first-order valence-electron chi connectivity index (χ1n) is 9.45. The van der Waals surface area contributed by atoms with Crippen LogP contribution in [0.25, 0.3) is 11.4 Å². The van der Waals surface area contributed by atoms with Gasteiger partial charge in [0, 0.05) is 47.9 Å². The van der Waals surface area contributed by atoms with Crippen LogP contribution in [0.15, 0.2) is 48.8 Å². The predicted molar refractivity (Wildman–Crippen MR) is 112 cm³/mol. The van der Waals surface area contributed by atoms with E-state index in [0.29, 0.717) is 18.8 Å². The van der Waals surface area contributed by atoms with Crippen LogP contribution >= 0.6 is 0 Å². The topological polar surface area (TPSA) is 79.8 Å². The number of nitrogens with one attached hydrogen (secondary N) is 2. The number of carbonyl (C=O) groups excluding carboxylic acids is 1. The first-order chi connectivity index (χ1) is 13.6. The van der Waals surface area contributed by atoms with E-state index in [9.17, 15) is 4.79 Å². The second-order valence-corrected chi connectivity index (χ2v) is 6.70. The van der Waals surface area contributed by atoms with Gasteiger partial charge in [-0.25, -0.2) is 9.97 Å². The minimum Gasteiger partial charge on any atom is -0.366 e. The Morgan fingerprint density at radius 3 is 2.71 bits per heavy atom. The molecule has 6 nitrogen and oxygen atoms in total. The summed E-state index contributed by atoms with van der Waals surface area (Å²) in [7, 11) is 0. The summed E-state index contributed by atoms with van der Waals surface area (Å²) in [6.45, 7) is 6.57. The maximum Gasteiger partial charge on any atom is 0.224 e. The molecule has 0 unspecified atom stereocenters. The fourth-order valence-electron chi connectivity index (χ4n) is 2.82. The van der Waals surface area contributed by atoms with Gasteiger partial charge in [-0.2, -0.15) is 0 Å². The van der Waals surface area contributed by atoms with Gasteiger partial charge < -0.3 is 10.6 Å². The highest BCUT2D eigenvalue weighted by Gasteiger charge is 2.10. The summed E-state index contributed by atoms with van der Waals surface area (Å²) in [6.07, 6.45) is 4.85. The zero-order valence-electron chi connectivity index (χ0n) is 16.5. The average molecular weight is 375 g/mol. The van der Waals surface area contributed by atoms with E-state index in [4.69, 9.17) is 0 Å². The van der Waals surface area contributed by atoms with Crippen LogP contribution in [0.4, 0.5) is 11.5 Å². The van der Waals surface area contributed by atoms with Crippen molar-refractivity contribution in [2.45, 2.75) is 40.2 Å². The fraction of sp³-hybridized carbons (Fsp3) is 0.273. The monoisotopic (exact) mass is 375 g/mol. The van der Waals surface area contributed by atoms with Gasteiger partial charge in [-0.1, -0.05) is 19.1 Å². The molecule has 2 N–H and O–H groups in total. The van der Waals surface area contributed by atoms with E-state index in [0.717, 1.165) is 40.3 Å². The lowest BCUT2D eigenvalue weighted by molar-refractivity contribution is -0.116. The summed E-state index contributed by atoms with van der Waals surface area (Å²) < 4.78 is 0. The molecule has 0 aliphatic heterocycles. The highest BCUT2D eigenvalue weighted by molar-refractivity contribution is 5.90. The Balaban J connectivity index is 1.76. The molecule has 0 aliphatic rings. The van der Waals surface area contributed by atoms with Crippen LogP contribution in [0.2, 0.25) is 0 Å². The minimum absolute atomic E-state index is 0.0380. The van der Waals surface area contributed by atoms with Crippen LogP contribution in [0.1, 0.15) is 36.6 Å². The van der Waals surface area contributed by atoms with Crippen molar-refractivity contribution in [1.29, 1.82) is 0 Å². The second-order valence-electron chi connectivity index (χ2n) is 6.70. The SMILES string of the molecule is CCCC(=O)Nc1cccc(CNc2nc(-c3cccnc3)nc(C)c2C)c1. The summed E-state index contributed by atoms with van der Waals surface area (Å²) in [5, 5.41) is 6.33. The quantitative estimate of drug-likeness (QED) is 0.635. The van der Waals surface area contributed by atoms with Crippen molar-refractivity contribution in [1.82, 2.24) is 15.0 Å². The third-order valence-electron chi connectivity index (χ3n) is 4.46. The predicted octanol–water partition coefficient (Wildman–Crippen LogP) is 4.51. The summed E-state index contributed by atoms with van der Waals surface area (Å²) >= 11 is 0. The van der Waals surface area contributed by atoms with Crippen molar-refractivity contribution in [3.63, 3.8) is 0 Å². The van der Waals surface area contributed by atoms with Gasteiger partial charge in [0.15, 0.2) is 5.82 Å². The smallest absolute Gasteiger partial charge is 0.224 e. The fourth-order valence-corrected chi connectivity index (χ4v) is 2.82. The lowest BCUT2D eigenvalue weighted by atomic mass is 10.1. The van der Waals surface area contributed by atoms with Gasteiger partial charge in [0.25, 0.3) is 0 Å². The molecule has 0 saturated heterocycles. The molecule has 6 heteroatoms. The van der Waals surface area contributed by atoms with Gasteiger partial charge in [-0.3, -0.25) is 9.78 Å². The summed E-state index contributed by atoms with van der Waals surface area (Å²) in [4.78, 5) is 25.2. The van der Waals surface area contributed by atoms with Crippen LogP contribution in [-0.2, 0) is 11.3 Å². The van der Waals surface area contributed by atoms with Gasteiger partial charge in [-0.05, 0) is 50.1 Å². The molecule has 0 atom stereocenters. The minimum atomic E-state index is 0.0380. The molecule has 2 aromatic heterocycles. The van der Waals surface area contributed by atoms with E-state index in [2.05, 4.69) is 25.6 Å². The molecule has 2 heterocycles. The van der Waals surface area contributed by atoms with E-state index in [1.54, 1.807) is 12.4 Å². The van der Waals surface area contributed by atoms with E-state index >= 15 is 0 Å². The lowest BCUT2D eigenvalue weighted by Crippen LogP contribution is -2.11. The summed E-state index contributed by atoms with van der Waals surface area (Å²) in [5.74, 6) is 1.49. The van der Waals surface area contributed by atoms with Crippen molar-refractivity contribution in [2.75, 3.05) is 10.6 Å². The number of amides is 1. The Labute approximate surface area is 165 Å². The molecule has 0 saturated carbocycles. The molecule has 0 spiro atoms. The Morgan fingerprint density at radius 2 is 1.96 bits per heavy atom. The molecule has 144 valence electrons. The van der Waals surface area contributed by atoms with Crippen molar-refractivity contribution in [2.24, 2.45) is 0 Å². The first kappa shape index (κ1) is 19.5. The number of pyridine rings is 1. The van der Waals surface area contributed by atoms with Crippen LogP contribution in [0.5, 0.6) is 0 Å². The molecule has 0 bridgehead atoms. The van der Waals surface area contributed by atoms with Crippen LogP contribution in [-0.4, -0.2) is 20.9 Å². The maximum atomic E-state index is 11.8. The zero-order valence-corrected chi connectivity index (χ0v) is 16.5. The maximum absolute atomic E-state index is 11.8. The Hall–Kier alpha value is -3.28. The number of hydrogen-bond acceptors (Lipinski definition) is 5. The van der Waals surface area contributed by atoms with E-state index in [-0.39, 0.29) is 5.91 Å². The molecule has 3 aromatic rings. The van der Waals surface area contributed by atoms with Crippen molar-refractivity contribution in [3.05, 3.63) is 65.6 Å². The highest BCUT2D eigenvalue weighted by atomic mass is 16.1. The number of aryl methyl sites for hydroxylation is 1. The largest absolute Gasteiger partial charge is 0.366 e. The van der Waals surface area contributed by atoms with Crippen molar-refractivity contribution < 1.29 is 4.79 Å². The number of rotatable bonds is 7. The van der Waals surface area contributed by atoms with Gasteiger partial charge in [0.1, 0.15) is 5.82 Å². The molecular weight excluding hydrogens is 350 g/mol. The number of nitrogens with zero attached hydrogens (tertiary/aromatic N) is 3. The summed E-state index contributed by atoms with van der Waals surface area (Å²) in [5.41, 5.74) is 4.70. The summed E-state index contributed by atoms with van der Waals surface area (Å²) in [6, 6.07) is 11.7.